The van der Waals surface area contributed by atoms with Gasteiger partial charge in [0.1, 0.15) is 0 Å². The molecule has 0 fully saturated rings. The topological polar surface area (TPSA) is 99.1 Å². The Hall–Kier alpha value is -0.990. The molecule has 84 valence electrons. The van der Waals surface area contributed by atoms with Crippen molar-refractivity contribution in [3.8, 4) is 0 Å². The number of anilines is 1. The van der Waals surface area contributed by atoms with Crippen molar-refractivity contribution in [2.24, 2.45) is 5.14 Å². The van der Waals surface area contributed by atoms with Crippen LogP contribution >= 0.6 is 11.6 Å². The molecule has 0 radical (unpaired) electrons. The van der Waals surface area contributed by atoms with Gasteiger partial charge in [0.15, 0.2) is 5.03 Å². The Bertz CT molecular complexity index is 491. The molecule has 0 unspecified atom stereocenters. The van der Waals surface area contributed by atoms with Gasteiger partial charge in [0.2, 0.25) is 0 Å². The fourth-order valence-corrected chi connectivity index (χ4v) is 1.79. The molecule has 15 heavy (non-hydrogen) atoms. The number of pyridine rings is 1. The minimum Gasteiger partial charge on any atom is -0.397 e. The SMILES string of the molecule is Nc1c(Cl)cnc(S(N)(=O)=O)c1C(F)F. The summed E-state index contributed by atoms with van der Waals surface area (Å²) in [6, 6.07) is 0. The number of primary sulfonamides is 1. The van der Waals surface area contributed by atoms with Gasteiger partial charge in [-0.15, -0.1) is 0 Å². The van der Waals surface area contributed by atoms with Crippen LogP contribution in [0.1, 0.15) is 12.0 Å². The van der Waals surface area contributed by atoms with Crippen LogP contribution in [0.15, 0.2) is 11.2 Å². The second kappa shape index (κ2) is 3.87. The number of halogens is 3. The average Bonchev–Trinajstić information content (AvgIpc) is 2.06. The molecule has 0 bridgehead atoms. The third-order valence-corrected chi connectivity index (χ3v) is 2.73. The summed E-state index contributed by atoms with van der Waals surface area (Å²) in [5.41, 5.74) is 3.71. The van der Waals surface area contributed by atoms with Crippen LogP contribution in [0.4, 0.5) is 14.5 Å². The molecule has 0 aliphatic rings. The molecule has 0 atom stereocenters. The Morgan fingerprint density at radius 3 is 2.40 bits per heavy atom. The van der Waals surface area contributed by atoms with E-state index in [0.717, 1.165) is 6.20 Å². The molecular formula is C6H6ClF2N3O2S. The maximum absolute atomic E-state index is 12.5. The van der Waals surface area contributed by atoms with E-state index in [4.69, 9.17) is 22.5 Å². The first kappa shape index (κ1) is 12.1. The van der Waals surface area contributed by atoms with Gasteiger partial charge >= 0.3 is 0 Å². The highest BCUT2D eigenvalue weighted by Crippen LogP contribution is 2.33. The molecule has 0 aliphatic heterocycles. The van der Waals surface area contributed by atoms with Crippen LogP contribution in [0.2, 0.25) is 5.02 Å². The van der Waals surface area contributed by atoms with E-state index < -0.39 is 32.7 Å². The van der Waals surface area contributed by atoms with E-state index in [1.807, 2.05) is 0 Å². The fraction of sp³-hybridized carbons (Fsp3) is 0.167. The van der Waals surface area contributed by atoms with E-state index in [0.29, 0.717) is 0 Å². The molecule has 1 aromatic heterocycles. The van der Waals surface area contributed by atoms with Crippen molar-refractivity contribution in [2.45, 2.75) is 11.5 Å². The summed E-state index contributed by atoms with van der Waals surface area (Å²) in [6.45, 7) is 0. The van der Waals surface area contributed by atoms with Crippen molar-refractivity contribution in [1.82, 2.24) is 4.98 Å². The van der Waals surface area contributed by atoms with E-state index in [1.165, 1.54) is 0 Å². The number of rotatable bonds is 2. The van der Waals surface area contributed by atoms with Crippen molar-refractivity contribution in [3.05, 3.63) is 16.8 Å². The van der Waals surface area contributed by atoms with Crippen LogP contribution in [-0.2, 0) is 10.0 Å². The van der Waals surface area contributed by atoms with Crippen molar-refractivity contribution < 1.29 is 17.2 Å². The summed E-state index contributed by atoms with van der Waals surface area (Å²) in [7, 11) is -4.35. The van der Waals surface area contributed by atoms with E-state index in [9.17, 15) is 17.2 Å². The third kappa shape index (κ3) is 2.33. The number of alkyl halides is 2. The number of aromatic nitrogens is 1. The van der Waals surface area contributed by atoms with E-state index in [1.54, 1.807) is 0 Å². The number of nitrogen functional groups attached to an aromatic ring is 1. The quantitative estimate of drug-likeness (QED) is 0.822. The number of nitrogens with zero attached hydrogens (tertiary/aromatic N) is 1. The van der Waals surface area contributed by atoms with Crippen LogP contribution in [0, 0.1) is 0 Å². The first-order valence-corrected chi connectivity index (χ1v) is 5.42. The average molecular weight is 258 g/mol. The van der Waals surface area contributed by atoms with Gasteiger partial charge in [-0.1, -0.05) is 11.6 Å². The maximum Gasteiger partial charge on any atom is 0.268 e. The first-order valence-electron chi connectivity index (χ1n) is 3.50. The van der Waals surface area contributed by atoms with Crippen LogP contribution in [-0.4, -0.2) is 13.4 Å². The zero-order chi connectivity index (χ0) is 11.8. The normalized spacial score (nSPS) is 12.1. The highest BCUT2D eigenvalue weighted by Gasteiger charge is 2.26. The number of hydrogen-bond donors (Lipinski definition) is 2. The van der Waals surface area contributed by atoms with Gasteiger partial charge in [0.05, 0.1) is 16.3 Å². The molecule has 5 nitrogen and oxygen atoms in total. The molecule has 9 heteroatoms. The van der Waals surface area contributed by atoms with Gasteiger partial charge in [-0.3, -0.25) is 0 Å². The van der Waals surface area contributed by atoms with Crippen LogP contribution in [0.25, 0.3) is 0 Å². The Kier molecular flexibility index (Phi) is 3.12. The van der Waals surface area contributed by atoms with Crippen LogP contribution in [0.5, 0.6) is 0 Å². The van der Waals surface area contributed by atoms with Gasteiger partial charge in [-0.05, 0) is 0 Å². The lowest BCUT2D eigenvalue weighted by atomic mass is 10.2. The molecule has 0 saturated carbocycles. The first-order chi connectivity index (χ1) is 6.75. The molecule has 0 aromatic carbocycles. The Morgan fingerprint density at radius 1 is 1.47 bits per heavy atom. The summed E-state index contributed by atoms with van der Waals surface area (Å²) in [5, 5.41) is 3.48. The molecule has 1 rings (SSSR count). The molecule has 0 aliphatic carbocycles. The standard InChI is InChI=1S/C6H6ClF2N3O2S/c7-2-1-12-6(15(11,13)14)3(4(2)10)5(8)9/h1,5H,(H2,10,12)(H2,11,13,14). The second-order valence-electron chi connectivity index (χ2n) is 2.58. The Morgan fingerprint density at radius 2 is 2.00 bits per heavy atom. The third-order valence-electron chi connectivity index (χ3n) is 1.56. The highest BCUT2D eigenvalue weighted by molar-refractivity contribution is 7.89. The molecule has 4 N–H and O–H groups in total. The fourth-order valence-electron chi connectivity index (χ4n) is 0.936. The summed E-state index contributed by atoms with van der Waals surface area (Å²) in [6.07, 6.45) is -2.27. The van der Waals surface area contributed by atoms with Crippen molar-refractivity contribution in [3.63, 3.8) is 0 Å². The monoisotopic (exact) mass is 257 g/mol. The van der Waals surface area contributed by atoms with E-state index in [2.05, 4.69) is 4.98 Å². The minimum atomic E-state index is -4.35. The molecule has 0 spiro atoms. The van der Waals surface area contributed by atoms with Gasteiger partial charge < -0.3 is 5.73 Å². The van der Waals surface area contributed by atoms with Gasteiger partial charge in [-0.25, -0.2) is 27.3 Å². The van der Waals surface area contributed by atoms with Crippen molar-refractivity contribution >= 4 is 27.3 Å². The maximum atomic E-state index is 12.5. The minimum absolute atomic E-state index is 0.252. The zero-order valence-corrected chi connectivity index (χ0v) is 8.69. The molecule has 1 heterocycles. The predicted octanol–water partition coefficient (Wildman–Crippen LogP) is 0.902. The number of nitrogens with two attached hydrogens (primary N) is 2. The smallest absolute Gasteiger partial charge is 0.268 e. The van der Waals surface area contributed by atoms with Crippen LogP contribution in [0.3, 0.4) is 0 Å². The summed E-state index contributed by atoms with van der Waals surface area (Å²) in [4.78, 5) is 3.23. The summed E-state index contributed by atoms with van der Waals surface area (Å²) >= 11 is 5.42. The van der Waals surface area contributed by atoms with E-state index >= 15 is 0 Å². The lowest BCUT2D eigenvalue weighted by molar-refractivity contribution is 0.148. The predicted molar refractivity (Wildman–Crippen MR) is 50.0 cm³/mol. The van der Waals surface area contributed by atoms with Gasteiger partial charge in [0.25, 0.3) is 16.4 Å². The summed E-state index contributed by atoms with van der Waals surface area (Å²) in [5.74, 6) is 0. The van der Waals surface area contributed by atoms with Gasteiger partial charge in [-0.2, -0.15) is 0 Å². The lowest BCUT2D eigenvalue weighted by Crippen LogP contribution is -2.18. The van der Waals surface area contributed by atoms with E-state index in [-0.39, 0.29) is 5.02 Å². The Balaban J connectivity index is 3.62. The number of hydrogen-bond acceptors (Lipinski definition) is 4. The van der Waals surface area contributed by atoms with Crippen LogP contribution < -0.4 is 10.9 Å². The van der Waals surface area contributed by atoms with Gasteiger partial charge in [0, 0.05) is 6.20 Å². The lowest BCUT2D eigenvalue weighted by Gasteiger charge is -2.09. The van der Waals surface area contributed by atoms with Crippen molar-refractivity contribution in [2.75, 3.05) is 5.73 Å². The Labute approximate surface area is 89.1 Å². The zero-order valence-electron chi connectivity index (χ0n) is 7.12. The van der Waals surface area contributed by atoms with Crippen molar-refractivity contribution in [1.29, 1.82) is 0 Å². The molecule has 1 aromatic rings. The molecular weight excluding hydrogens is 252 g/mol. The largest absolute Gasteiger partial charge is 0.397 e. The molecule has 0 saturated heterocycles. The number of sulfonamides is 1. The summed E-state index contributed by atoms with van der Waals surface area (Å²) < 4.78 is 46.8. The second-order valence-corrected chi connectivity index (χ2v) is 4.47. The highest BCUT2D eigenvalue weighted by atomic mass is 35.5. The molecule has 0 amide bonds.